The number of amides is 2. The molecule has 1 aliphatic carbocycles. The van der Waals surface area contributed by atoms with Crippen molar-refractivity contribution in [1.82, 2.24) is 9.62 Å². The van der Waals surface area contributed by atoms with Crippen LogP contribution < -0.4 is 10.3 Å². The maximum Gasteiger partial charge on any atom is 0.327 e. The van der Waals surface area contributed by atoms with Crippen LogP contribution in [0.25, 0.3) is 0 Å². The van der Waals surface area contributed by atoms with Gasteiger partial charge in [0.05, 0.1) is 29.0 Å². The van der Waals surface area contributed by atoms with E-state index in [-0.39, 0.29) is 18.1 Å². The molecule has 5 nitrogen and oxygen atoms in total. The van der Waals surface area contributed by atoms with Crippen LogP contribution in [0.3, 0.4) is 0 Å². The van der Waals surface area contributed by atoms with Crippen molar-refractivity contribution in [1.29, 1.82) is 0 Å². The molecule has 1 fully saturated rings. The highest BCUT2D eigenvalue weighted by molar-refractivity contribution is 7.78. The van der Waals surface area contributed by atoms with Crippen LogP contribution in [-0.2, 0) is 0 Å². The fraction of sp³-hybridized carbons (Fsp3) is 0.391. The van der Waals surface area contributed by atoms with Crippen molar-refractivity contribution in [3.8, 4) is 0 Å². The van der Waals surface area contributed by atoms with Crippen LogP contribution in [-0.4, -0.2) is 28.6 Å². The second kappa shape index (κ2) is 10.6. The van der Waals surface area contributed by atoms with Crippen LogP contribution in [0.1, 0.15) is 50.1 Å². The second-order valence-electron chi connectivity index (χ2n) is 8.22. The molecule has 0 spiro atoms. The molecular formula is C23H25Cl3N4OS. The largest absolute Gasteiger partial charge is 0.335 e. The molecule has 0 radical (unpaired) electrons. The number of benzene rings is 2. The first kappa shape index (κ1) is 23.6. The Hall–Kier alpha value is -1.60. The number of hydrazone groups is 1. The third-order valence-corrected chi connectivity index (χ3v) is 7.00. The smallest absolute Gasteiger partial charge is 0.327 e. The van der Waals surface area contributed by atoms with Crippen molar-refractivity contribution in [3.05, 3.63) is 63.1 Å². The molecule has 0 aromatic heterocycles. The van der Waals surface area contributed by atoms with Crippen LogP contribution in [0, 0.1) is 0 Å². The average molecular weight is 512 g/mol. The lowest BCUT2D eigenvalue weighted by atomic mass is 9.96. The number of nitrogens with zero attached hydrogens (tertiary/aromatic N) is 3. The Balaban J connectivity index is 1.52. The summed E-state index contributed by atoms with van der Waals surface area (Å²) in [6.07, 6.45) is 6.23. The summed E-state index contributed by atoms with van der Waals surface area (Å²) < 4.78 is 1.40. The van der Waals surface area contributed by atoms with Crippen molar-refractivity contribution in [2.45, 2.75) is 50.6 Å². The van der Waals surface area contributed by atoms with Crippen molar-refractivity contribution >= 4 is 65.0 Å². The lowest BCUT2D eigenvalue weighted by molar-refractivity contribution is 0.221. The first-order valence-corrected chi connectivity index (χ1v) is 12.3. The van der Waals surface area contributed by atoms with Gasteiger partial charge in [0, 0.05) is 22.5 Å². The van der Waals surface area contributed by atoms with E-state index in [1.165, 1.54) is 10.7 Å². The maximum absolute atomic E-state index is 12.7. The van der Waals surface area contributed by atoms with Crippen LogP contribution >= 0.6 is 47.6 Å². The molecular weight excluding hydrogens is 487 g/mol. The van der Waals surface area contributed by atoms with Gasteiger partial charge in [-0.05, 0) is 48.7 Å². The van der Waals surface area contributed by atoms with Crippen molar-refractivity contribution in [2.24, 2.45) is 5.10 Å². The molecule has 0 saturated heterocycles. The van der Waals surface area contributed by atoms with Gasteiger partial charge in [0.2, 0.25) is 0 Å². The Kier molecular flexibility index (Phi) is 7.77. The van der Waals surface area contributed by atoms with E-state index in [0.717, 1.165) is 42.6 Å². The predicted molar refractivity (Wildman–Crippen MR) is 136 cm³/mol. The van der Waals surface area contributed by atoms with Gasteiger partial charge < -0.3 is 5.32 Å². The van der Waals surface area contributed by atoms with Gasteiger partial charge in [-0.2, -0.15) is 5.10 Å². The molecule has 2 aromatic rings. The number of urea groups is 1. The fourth-order valence-electron chi connectivity index (χ4n) is 4.24. The molecule has 32 heavy (non-hydrogen) atoms. The third kappa shape index (κ3) is 5.66. The number of thiol groups is 1. The Morgan fingerprint density at radius 3 is 2.44 bits per heavy atom. The molecule has 2 amide bonds. The normalized spacial score (nSPS) is 19.1. The van der Waals surface area contributed by atoms with Crippen molar-refractivity contribution < 1.29 is 4.79 Å². The van der Waals surface area contributed by atoms with E-state index in [9.17, 15) is 4.79 Å². The highest BCUT2D eigenvalue weighted by Crippen LogP contribution is 2.40. The highest BCUT2D eigenvalue weighted by atomic mass is 35.5. The zero-order valence-electron chi connectivity index (χ0n) is 17.5. The molecule has 170 valence electrons. The first-order chi connectivity index (χ1) is 15.4. The first-order valence-electron chi connectivity index (χ1n) is 10.7. The summed E-state index contributed by atoms with van der Waals surface area (Å²) in [7, 11) is 0. The summed E-state index contributed by atoms with van der Waals surface area (Å²) in [5, 5.41) is 11.5. The molecule has 0 bridgehead atoms. The number of hydrogen-bond acceptors (Lipinski definition) is 4. The lowest BCUT2D eigenvalue weighted by Crippen LogP contribution is -2.43. The molecule has 1 unspecified atom stereocenters. The van der Waals surface area contributed by atoms with Crippen LogP contribution in [0.2, 0.25) is 15.1 Å². The number of halogens is 3. The summed E-state index contributed by atoms with van der Waals surface area (Å²) in [5.41, 5.74) is 2.64. The van der Waals surface area contributed by atoms with E-state index in [1.54, 1.807) is 12.1 Å². The van der Waals surface area contributed by atoms with E-state index >= 15 is 0 Å². The summed E-state index contributed by atoms with van der Waals surface area (Å²) >= 11 is 23.1. The second-order valence-corrected chi connectivity index (χ2v) is 9.98. The minimum Gasteiger partial charge on any atom is -0.335 e. The Morgan fingerprint density at radius 2 is 1.75 bits per heavy atom. The van der Waals surface area contributed by atoms with E-state index < -0.39 is 0 Å². The molecule has 9 heteroatoms. The number of anilines is 1. The molecule has 1 N–H and O–H groups in total. The quantitative estimate of drug-likeness (QED) is 0.419. The summed E-state index contributed by atoms with van der Waals surface area (Å²) in [6.45, 7) is 0.313. The van der Waals surface area contributed by atoms with Gasteiger partial charge in [0.1, 0.15) is 0 Å². The minimum atomic E-state index is -0.186. The van der Waals surface area contributed by atoms with Crippen molar-refractivity contribution in [2.75, 3.05) is 11.6 Å². The van der Waals surface area contributed by atoms with E-state index in [0.29, 0.717) is 28.0 Å². The molecule has 1 aliphatic heterocycles. The van der Waals surface area contributed by atoms with Gasteiger partial charge in [-0.25, -0.2) is 4.79 Å². The van der Waals surface area contributed by atoms with E-state index in [4.69, 9.17) is 39.9 Å². The van der Waals surface area contributed by atoms with Crippen LogP contribution in [0.15, 0.2) is 47.6 Å². The highest BCUT2D eigenvalue weighted by Gasteiger charge is 2.32. The summed E-state index contributed by atoms with van der Waals surface area (Å²) in [4.78, 5) is 12.7. The van der Waals surface area contributed by atoms with Crippen LogP contribution in [0.4, 0.5) is 10.5 Å². The average Bonchev–Trinajstić information content (AvgIpc) is 3.18. The van der Waals surface area contributed by atoms with Gasteiger partial charge in [0.15, 0.2) is 0 Å². The molecule has 2 aliphatic rings. The monoisotopic (exact) mass is 510 g/mol. The molecule has 1 atom stereocenters. The third-order valence-electron chi connectivity index (χ3n) is 5.88. The van der Waals surface area contributed by atoms with E-state index in [1.807, 2.05) is 35.3 Å². The van der Waals surface area contributed by atoms with Crippen LogP contribution in [0.5, 0.6) is 0 Å². The summed E-state index contributed by atoms with van der Waals surface area (Å²) in [5.74, 6) is 0. The Bertz CT molecular complexity index is 995. The zero-order valence-corrected chi connectivity index (χ0v) is 20.6. The maximum atomic E-state index is 12.7. The number of hydrogen-bond donors (Lipinski definition) is 2. The molecule has 4 rings (SSSR count). The molecule has 1 saturated carbocycles. The Morgan fingerprint density at radius 1 is 1.06 bits per heavy atom. The van der Waals surface area contributed by atoms with Gasteiger partial charge in [-0.1, -0.05) is 79.0 Å². The topological polar surface area (TPSA) is 47.9 Å². The molecule has 2 aromatic carbocycles. The Labute approximate surface area is 209 Å². The van der Waals surface area contributed by atoms with Gasteiger partial charge in [-0.15, -0.1) is 0 Å². The van der Waals surface area contributed by atoms with Crippen molar-refractivity contribution in [3.63, 3.8) is 0 Å². The number of carbonyl (C=O) groups excluding carboxylic acids is 1. The van der Waals surface area contributed by atoms with E-state index in [2.05, 4.69) is 18.1 Å². The predicted octanol–water partition coefficient (Wildman–Crippen LogP) is 7.14. The SMILES string of the molecule is O=C(NC1CCCCC1)N(S)CC1=NN(c2ccc(Cl)cc2Cl)C(c2ccc(Cl)cc2)C1. The lowest BCUT2D eigenvalue weighted by Gasteiger charge is -2.25. The van der Waals surface area contributed by atoms with Gasteiger partial charge in [-0.3, -0.25) is 9.31 Å². The number of rotatable bonds is 5. The van der Waals surface area contributed by atoms with Gasteiger partial charge in [0.25, 0.3) is 0 Å². The standard InChI is InChI=1S/C23H25Cl3N4OS/c24-16-8-6-15(7-9-16)22-13-19(28-30(22)21-11-10-17(25)12-20(21)26)14-29(32)23(31)27-18-4-2-1-3-5-18/h6-12,18,22,32H,1-5,13-14H2,(H,27,31). The number of carbonyl (C=O) groups is 1. The minimum absolute atomic E-state index is 0.0796. The fourth-order valence-corrected chi connectivity index (χ4v) is 5.08. The summed E-state index contributed by atoms with van der Waals surface area (Å²) in [6, 6.07) is 13.0. The molecule has 1 heterocycles. The van der Waals surface area contributed by atoms with Gasteiger partial charge >= 0.3 is 6.03 Å². The zero-order chi connectivity index (χ0) is 22.7. The number of nitrogens with one attached hydrogen (secondary N) is 1.